The summed E-state index contributed by atoms with van der Waals surface area (Å²) in [6, 6.07) is 7.80. The van der Waals surface area contributed by atoms with Gasteiger partial charge in [-0.15, -0.1) is 0 Å². The minimum Gasteiger partial charge on any atom is -0.494 e. The standard InChI is InChI=1S/C27H29BrN6O2S/c1-16(2)33-26(35)23-13-21-20-12-18(28)6-9-22(20)31-24(21)25(34(23)27(33)37)17-4-7-19(8-5-17)36-11-3-10-32-15-29-14-30-32/h4-9,14-16,20,23,25,31H,3,10-13H2,1-2H3. The number of thiocarbonyl (C=S) groups is 1. The monoisotopic (exact) mass is 580 g/mol. The summed E-state index contributed by atoms with van der Waals surface area (Å²) in [6.07, 6.45) is 9.94. The Hall–Kier alpha value is -2.98. The van der Waals surface area contributed by atoms with Crippen LogP contribution in [0.25, 0.3) is 0 Å². The van der Waals surface area contributed by atoms with Crippen molar-refractivity contribution in [3.63, 3.8) is 0 Å². The molecule has 0 radical (unpaired) electrons. The predicted octanol–water partition coefficient (Wildman–Crippen LogP) is 4.44. The number of hydrogen-bond donors (Lipinski definition) is 1. The number of nitrogens with zero attached hydrogens (tertiary/aromatic N) is 5. The van der Waals surface area contributed by atoms with Crippen LogP contribution in [0.15, 0.2) is 70.5 Å². The third-order valence-electron chi connectivity index (χ3n) is 7.49. The molecular weight excluding hydrogens is 552 g/mol. The van der Waals surface area contributed by atoms with Crippen LogP contribution in [0.4, 0.5) is 0 Å². The van der Waals surface area contributed by atoms with Gasteiger partial charge >= 0.3 is 0 Å². The van der Waals surface area contributed by atoms with E-state index in [1.807, 2.05) is 26.0 Å². The molecule has 1 fully saturated rings. The summed E-state index contributed by atoms with van der Waals surface area (Å²) in [6.45, 7) is 5.40. The lowest BCUT2D eigenvalue weighted by Gasteiger charge is -2.39. The first-order valence-corrected chi connectivity index (χ1v) is 13.9. The van der Waals surface area contributed by atoms with Crippen molar-refractivity contribution in [2.75, 3.05) is 6.61 Å². The molecule has 1 N–H and O–H groups in total. The number of ether oxygens (including phenoxy) is 1. The fourth-order valence-electron chi connectivity index (χ4n) is 5.80. The zero-order chi connectivity index (χ0) is 25.7. The lowest BCUT2D eigenvalue weighted by Crippen LogP contribution is -2.44. The molecule has 8 nitrogen and oxygen atoms in total. The second kappa shape index (κ2) is 9.72. The molecule has 1 aromatic heterocycles. The van der Waals surface area contributed by atoms with E-state index >= 15 is 0 Å². The first-order chi connectivity index (χ1) is 17.9. The third kappa shape index (κ3) is 4.29. The van der Waals surface area contributed by atoms with Crippen LogP contribution >= 0.6 is 28.1 Å². The van der Waals surface area contributed by atoms with Crippen molar-refractivity contribution in [2.45, 2.75) is 57.8 Å². The number of allylic oxidation sites excluding steroid dienone is 4. The fourth-order valence-corrected chi connectivity index (χ4v) is 6.79. The van der Waals surface area contributed by atoms with Crippen LogP contribution in [0, 0.1) is 5.92 Å². The van der Waals surface area contributed by atoms with E-state index in [9.17, 15) is 4.79 Å². The van der Waals surface area contributed by atoms with Gasteiger partial charge in [-0.25, -0.2) is 4.98 Å². The molecule has 0 bridgehead atoms. The topological polar surface area (TPSA) is 75.5 Å². The van der Waals surface area contributed by atoms with Crippen LogP contribution in [0.5, 0.6) is 5.75 Å². The van der Waals surface area contributed by atoms with Gasteiger partial charge in [0, 0.05) is 42.7 Å². The molecule has 6 rings (SSSR count). The van der Waals surface area contributed by atoms with Gasteiger partial charge in [-0.05, 0) is 66.3 Å². The first kappa shape index (κ1) is 24.4. The highest BCUT2D eigenvalue weighted by Gasteiger charge is 2.53. The van der Waals surface area contributed by atoms with Gasteiger partial charge in [0.05, 0.1) is 12.6 Å². The number of rotatable bonds is 7. The van der Waals surface area contributed by atoms with Gasteiger partial charge in [0.2, 0.25) is 0 Å². The summed E-state index contributed by atoms with van der Waals surface area (Å²) in [7, 11) is 0. The molecule has 37 heavy (non-hydrogen) atoms. The molecule has 2 aromatic rings. The van der Waals surface area contributed by atoms with Crippen molar-refractivity contribution in [1.29, 1.82) is 0 Å². The van der Waals surface area contributed by atoms with Crippen molar-refractivity contribution in [1.82, 2.24) is 29.9 Å². The summed E-state index contributed by atoms with van der Waals surface area (Å²) in [5.74, 6) is 1.18. The maximum Gasteiger partial charge on any atom is 0.252 e. The second-order valence-electron chi connectivity index (χ2n) is 10.1. The summed E-state index contributed by atoms with van der Waals surface area (Å²) in [4.78, 5) is 21.5. The summed E-state index contributed by atoms with van der Waals surface area (Å²) in [5, 5.41) is 8.46. The van der Waals surface area contributed by atoms with Gasteiger partial charge in [-0.2, -0.15) is 5.10 Å². The maximum atomic E-state index is 13.6. The first-order valence-electron chi connectivity index (χ1n) is 12.7. The molecule has 3 atom stereocenters. The van der Waals surface area contributed by atoms with Crippen LogP contribution in [0.3, 0.4) is 0 Å². The third-order valence-corrected chi connectivity index (χ3v) is 8.49. The smallest absolute Gasteiger partial charge is 0.252 e. The SMILES string of the molecule is CC(C)N1C(=O)C2CC3=C(NC4=CC=C(Br)CC43)C(c3ccc(OCCCn4cncn4)cc3)N2C1=S. The highest BCUT2D eigenvalue weighted by molar-refractivity contribution is 9.11. The molecule has 1 saturated heterocycles. The Bertz CT molecular complexity index is 1320. The number of halogens is 1. The molecule has 10 heteroatoms. The number of fused-ring (bicyclic) bond motifs is 3. The lowest BCUT2D eigenvalue weighted by molar-refractivity contribution is -0.129. The molecular formula is C27H29BrN6O2S. The number of hydrogen-bond acceptors (Lipinski definition) is 6. The van der Waals surface area contributed by atoms with Crippen molar-refractivity contribution in [2.24, 2.45) is 5.92 Å². The summed E-state index contributed by atoms with van der Waals surface area (Å²) < 4.78 is 8.96. The molecule has 0 spiro atoms. The average molecular weight is 582 g/mol. The predicted molar refractivity (Wildman–Crippen MR) is 148 cm³/mol. The van der Waals surface area contributed by atoms with E-state index in [0.29, 0.717) is 18.1 Å². The summed E-state index contributed by atoms with van der Waals surface area (Å²) in [5.41, 5.74) is 4.76. The molecule has 1 aromatic carbocycles. The zero-order valence-electron chi connectivity index (χ0n) is 20.8. The van der Waals surface area contributed by atoms with Gasteiger partial charge in [-0.1, -0.05) is 34.1 Å². The van der Waals surface area contributed by atoms with Crippen molar-refractivity contribution in [3.8, 4) is 5.75 Å². The van der Waals surface area contributed by atoms with E-state index in [-0.39, 0.29) is 30.0 Å². The van der Waals surface area contributed by atoms with Crippen molar-refractivity contribution in [3.05, 3.63) is 76.1 Å². The number of carbonyl (C=O) groups excluding carboxylic acids is 1. The van der Waals surface area contributed by atoms with E-state index in [0.717, 1.165) is 36.4 Å². The molecule has 1 aliphatic carbocycles. The van der Waals surface area contributed by atoms with Gasteiger partial charge in [0.15, 0.2) is 5.11 Å². The van der Waals surface area contributed by atoms with E-state index in [2.05, 4.69) is 60.5 Å². The Morgan fingerprint density at radius 2 is 2.03 bits per heavy atom. The highest BCUT2D eigenvalue weighted by Crippen LogP contribution is 2.51. The number of carbonyl (C=O) groups is 1. The van der Waals surface area contributed by atoms with Crippen LogP contribution in [0.2, 0.25) is 0 Å². The molecule has 4 aliphatic rings. The minimum absolute atomic E-state index is 0.0181. The Kier molecular flexibility index (Phi) is 6.40. The van der Waals surface area contributed by atoms with E-state index in [1.165, 1.54) is 22.1 Å². The number of aromatic nitrogens is 3. The van der Waals surface area contributed by atoms with Crippen LogP contribution in [-0.2, 0) is 11.3 Å². The maximum absolute atomic E-state index is 13.6. The minimum atomic E-state index is -0.280. The molecule has 3 aliphatic heterocycles. The van der Waals surface area contributed by atoms with Gasteiger partial charge in [-0.3, -0.25) is 14.4 Å². The molecule has 1 amide bonds. The summed E-state index contributed by atoms with van der Waals surface area (Å²) >= 11 is 9.61. The lowest BCUT2D eigenvalue weighted by atomic mass is 9.82. The second-order valence-corrected chi connectivity index (χ2v) is 11.5. The van der Waals surface area contributed by atoms with E-state index < -0.39 is 0 Å². The molecule has 0 saturated carbocycles. The molecule has 3 unspecified atom stereocenters. The van der Waals surface area contributed by atoms with Gasteiger partial charge in [0.1, 0.15) is 24.4 Å². The number of benzene rings is 1. The molecule has 192 valence electrons. The van der Waals surface area contributed by atoms with E-state index in [4.69, 9.17) is 17.0 Å². The van der Waals surface area contributed by atoms with Crippen LogP contribution < -0.4 is 10.1 Å². The van der Waals surface area contributed by atoms with E-state index in [1.54, 1.807) is 15.9 Å². The normalized spacial score (nSPS) is 24.6. The number of nitrogens with one attached hydrogen (secondary N) is 1. The number of amides is 1. The average Bonchev–Trinajstić information content (AvgIpc) is 3.58. The largest absolute Gasteiger partial charge is 0.494 e. The van der Waals surface area contributed by atoms with Gasteiger partial charge < -0.3 is 15.0 Å². The quantitative estimate of drug-likeness (QED) is 0.383. The number of aryl methyl sites for hydroxylation is 1. The fraction of sp³-hybridized carbons (Fsp3) is 0.407. The van der Waals surface area contributed by atoms with Crippen LogP contribution in [0.1, 0.15) is 44.7 Å². The van der Waals surface area contributed by atoms with Crippen molar-refractivity contribution < 1.29 is 9.53 Å². The zero-order valence-corrected chi connectivity index (χ0v) is 23.2. The van der Waals surface area contributed by atoms with Gasteiger partial charge in [0.25, 0.3) is 5.91 Å². The Morgan fingerprint density at radius 1 is 1.22 bits per heavy atom. The Balaban J connectivity index is 1.27. The Morgan fingerprint density at radius 3 is 2.76 bits per heavy atom. The Labute approximate surface area is 230 Å². The van der Waals surface area contributed by atoms with Crippen molar-refractivity contribution >= 4 is 39.2 Å². The molecule has 4 heterocycles. The van der Waals surface area contributed by atoms with Crippen LogP contribution in [-0.4, -0.2) is 54.3 Å². The highest BCUT2D eigenvalue weighted by atomic mass is 79.9.